The first-order chi connectivity index (χ1) is 8.70. The average Bonchev–Trinajstić information content (AvgIpc) is 2.79. The lowest BCUT2D eigenvalue weighted by Crippen LogP contribution is -2.17. The van der Waals surface area contributed by atoms with Crippen LogP contribution in [0.3, 0.4) is 0 Å². The van der Waals surface area contributed by atoms with Crippen LogP contribution in [-0.2, 0) is 6.42 Å². The first-order valence-electron chi connectivity index (χ1n) is 6.47. The van der Waals surface area contributed by atoms with Gasteiger partial charge in [0, 0.05) is 10.9 Å². The molecule has 1 aromatic carbocycles. The van der Waals surface area contributed by atoms with Gasteiger partial charge in [0.25, 0.3) is 0 Å². The maximum atomic E-state index is 3.43. The van der Waals surface area contributed by atoms with Crippen molar-refractivity contribution < 1.29 is 0 Å². The van der Waals surface area contributed by atoms with Crippen LogP contribution in [0.2, 0.25) is 0 Å². The van der Waals surface area contributed by atoms with Gasteiger partial charge < -0.3 is 5.32 Å². The quantitative estimate of drug-likeness (QED) is 0.846. The molecule has 0 radical (unpaired) electrons. The monoisotopic (exact) mass is 259 g/mol. The number of aryl methyl sites for hydroxylation is 3. The fraction of sp³-hybridized carbons (Fsp3) is 0.375. The van der Waals surface area contributed by atoms with Gasteiger partial charge in [-0.05, 0) is 56.3 Å². The summed E-state index contributed by atoms with van der Waals surface area (Å²) in [4.78, 5) is 1.43. The number of benzene rings is 1. The maximum absolute atomic E-state index is 3.43. The first kappa shape index (κ1) is 13.3. The zero-order chi connectivity index (χ0) is 13.0. The average molecular weight is 259 g/mol. The van der Waals surface area contributed by atoms with Crippen LogP contribution >= 0.6 is 11.3 Å². The molecular formula is C16H21NS. The Kier molecular flexibility index (Phi) is 4.56. The van der Waals surface area contributed by atoms with E-state index in [0.29, 0.717) is 6.04 Å². The normalized spacial score (nSPS) is 12.6. The van der Waals surface area contributed by atoms with Crippen molar-refractivity contribution in [2.75, 3.05) is 7.05 Å². The van der Waals surface area contributed by atoms with Crippen molar-refractivity contribution in [3.05, 3.63) is 57.3 Å². The Balaban J connectivity index is 2.00. The summed E-state index contributed by atoms with van der Waals surface area (Å²) in [5, 5.41) is 5.62. The third-order valence-electron chi connectivity index (χ3n) is 3.47. The van der Waals surface area contributed by atoms with Crippen LogP contribution in [0.5, 0.6) is 0 Å². The predicted molar refractivity (Wildman–Crippen MR) is 80.4 cm³/mol. The zero-order valence-corrected chi connectivity index (χ0v) is 12.2. The van der Waals surface area contributed by atoms with Crippen LogP contribution in [0.1, 0.15) is 34.0 Å². The minimum Gasteiger partial charge on any atom is -0.313 e. The van der Waals surface area contributed by atoms with Crippen LogP contribution in [0, 0.1) is 13.8 Å². The van der Waals surface area contributed by atoms with E-state index in [2.05, 4.69) is 61.9 Å². The second-order valence-corrected chi connectivity index (χ2v) is 5.92. The van der Waals surface area contributed by atoms with Gasteiger partial charge in [-0.15, -0.1) is 11.3 Å². The summed E-state index contributed by atoms with van der Waals surface area (Å²) < 4.78 is 0. The molecule has 0 amide bonds. The molecule has 0 aliphatic carbocycles. The molecule has 1 unspecified atom stereocenters. The molecule has 0 spiro atoms. The standard InChI is InChI=1S/C16H21NS/c1-12-4-6-14(7-5-12)8-9-16(17-3)15-10-11-18-13(15)2/h4-7,10-11,16-17H,8-9H2,1-3H3. The molecule has 0 bridgehead atoms. The van der Waals surface area contributed by atoms with Gasteiger partial charge in [0.1, 0.15) is 0 Å². The Bertz CT molecular complexity index is 484. The van der Waals surface area contributed by atoms with E-state index in [9.17, 15) is 0 Å². The Labute approximate surface area is 114 Å². The van der Waals surface area contributed by atoms with Crippen molar-refractivity contribution in [3.63, 3.8) is 0 Å². The lowest BCUT2D eigenvalue weighted by Gasteiger charge is -2.16. The molecule has 1 N–H and O–H groups in total. The van der Waals surface area contributed by atoms with Crippen LogP contribution in [0.4, 0.5) is 0 Å². The van der Waals surface area contributed by atoms with Crippen LogP contribution in [0.25, 0.3) is 0 Å². The molecule has 1 heterocycles. The van der Waals surface area contributed by atoms with Crippen molar-refractivity contribution in [1.82, 2.24) is 5.32 Å². The van der Waals surface area contributed by atoms with E-state index >= 15 is 0 Å². The third-order valence-corrected chi connectivity index (χ3v) is 4.33. The molecule has 1 nitrogen and oxygen atoms in total. The van der Waals surface area contributed by atoms with Gasteiger partial charge in [0.05, 0.1) is 0 Å². The van der Waals surface area contributed by atoms with E-state index in [1.165, 1.54) is 21.6 Å². The summed E-state index contributed by atoms with van der Waals surface area (Å²) >= 11 is 1.83. The second kappa shape index (κ2) is 6.17. The van der Waals surface area contributed by atoms with Crippen molar-refractivity contribution >= 4 is 11.3 Å². The molecule has 0 saturated heterocycles. The molecule has 1 aromatic heterocycles. The highest BCUT2D eigenvalue weighted by atomic mass is 32.1. The van der Waals surface area contributed by atoms with Crippen molar-refractivity contribution in [2.45, 2.75) is 32.7 Å². The first-order valence-corrected chi connectivity index (χ1v) is 7.35. The fourth-order valence-corrected chi connectivity index (χ4v) is 3.04. The number of rotatable bonds is 5. The van der Waals surface area contributed by atoms with Gasteiger partial charge in [-0.1, -0.05) is 29.8 Å². The maximum Gasteiger partial charge on any atom is 0.0331 e. The van der Waals surface area contributed by atoms with E-state index in [1.807, 2.05) is 11.3 Å². The number of thiophene rings is 1. The summed E-state index contributed by atoms with van der Waals surface area (Å²) in [6.45, 7) is 4.34. The van der Waals surface area contributed by atoms with Gasteiger partial charge in [0.15, 0.2) is 0 Å². The van der Waals surface area contributed by atoms with Crippen molar-refractivity contribution in [2.24, 2.45) is 0 Å². The topological polar surface area (TPSA) is 12.0 Å². The molecule has 0 saturated carbocycles. The van der Waals surface area contributed by atoms with E-state index in [-0.39, 0.29) is 0 Å². The highest BCUT2D eigenvalue weighted by Crippen LogP contribution is 2.25. The minimum absolute atomic E-state index is 0.470. The third kappa shape index (κ3) is 3.21. The Morgan fingerprint density at radius 1 is 1.11 bits per heavy atom. The smallest absolute Gasteiger partial charge is 0.0331 e. The SMILES string of the molecule is CNC(CCc1ccc(C)cc1)c1ccsc1C. The van der Waals surface area contributed by atoms with Crippen LogP contribution in [0.15, 0.2) is 35.7 Å². The zero-order valence-electron chi connectivity index (χ0n) is 11.4. The Morgan fingerprint density at radius 3 is 2.39 bits per heavy atom. The highest BCUT2D eigenvalue weighted by Gasteiger charge is 2.12. The number of hydrogen-bond acceptors (Lipinski definition) is 2. The van der Waals surface area contributed by atoms with Gasteiger partial charge in [-0.2, -0.15) is 0 Å². The molecule has 0 fully saturated rings. The van der Waals surface area contributed by atoms with E-state index in [1.54, 1.807) is 0 Å². The van der Waals surface area contributed by atoms with Crippen molar-refractivity contribution in [1.29, 1.82) is 0 Å². The summed E-state index contributed by atoms with van der Waals surface area (Å²) in [7, 11) is 2.05. The summed E-state index contributed by atoms with van der Waals surface area (Å²) in [5.74, 6) is 0. The van der Waals surface area contributed by atoms with E-state index in [0.717, 1.165) is 12.8 Å². The summed E-state index contributed by atoms with van der Waals surface area (Å²) in [6.07, 6.45) is 2.28. The number of nitrogens with one attached hydrogen (secondary N) is 1. The molecule has 96 valence electrons. The highest BCUT2D eigenvalue weighted by molar-refractivity contribution is 7.10. The molecule has 0 aliphatic heterocycles. The Hall–Kier alpha value is -1.12. The Morgan fingerprint density at radius 2 is 1.83 bits per heavy atom. The van der Waals surface area contributed by atoms with Crippen molar-refractivity contribution in [3.8, 4) is 0 Å². The lowest BCUT2D eigenvalue weighted by atomic mass is 9.99. The summed E-state index contributed by atoms with van der Waals surface area (Å²) in [6, 6.07) is 11.6. The molecule has 18 heavy (non-hydrogen) atoms. The molecule has 2 aromatic rings. The van der Waals surface area contributed by atoms with E-state index < -0.39 is 0 Å². The molecular weight excluding hydrogens is 238 g/mol. The minimum atomic E-state index is 0.470. The molecule has 2 heteroatoms. The lowest BCUT2D eigenvalue weighted by molar-refractivity contribution is 0.549. The molecule has 0 aliphatic rings. The van der Waals surface area contributed by atoms with Gasteiger partial charge in [-0.3, -0.25) is 0 Å². The molecule has 1 atom stereocenters. The number of hydrogen-bond donors (Lipinski definition) is 1. The predicted octanol–water partition coefficient (Wildman–Crippen LogP) is 4.26. The molecule has 2 rings (SSSR count). The van der Waals surface area contributed by atoms with Crippen LogP contribution < -0.4 is 5.32 Å². The van der Waals surface area contributed by atoms with Gasteiger partial charge >= 0.3 is 0 Å². The largest absolute Gasteiger partial charge is 0.313 e. The van der Waals surface area contributed by atoms with E-state index in [4.69, 9.17) is 0 Å². The second-order valence-electron chi connectivity index (χ2n) is 4.80. The van der Waals surface area contributed by atoms with Crippen LogP contribution in [-0.4, -0.2) is 7.05 Å². The van der Waals surface area contributed by atoms with Gasteiger partial charge in [-0.25, -0.2) is 0 Å². The van der Waals surface area contributed by atoms with Gasteiger partial charge in [0.2, 0.25) is 0 Å². The fourth-order valence-electron chi connectivity index (χ4n) is 2.28. The summed E-state index contributed by atoms with van der Waals surface area (Å²) in [5.41, 5.74) is 4.21.